The second kappa shape index (κ2) is 7.75. The topological polar surface area (TPSA) is 58.3 Å². The van der Waals surface area contributed by atoms with Gasteiger partial charge >= 0.3 is 0 Å². The fraction of sp³-hybridized carbons (Fsp3) is 0.522. The van der Waals surface area contributed by atoms with Crippen LogP contribution in [0.5, 0.6) is 0 Å². The second-order valence-electron chi connectivity index (χ2n) is 8.52. The summed E-state index contributed by atoms with van der Waals surface area (Å²) in [4.78, 5) is 14.7. The first kappa shape index (κ1) is 18.6. The summed E-state index contributed by atoms with van der Waals surface area (Å²) in [5.74, 6) is 2.19. The highest BCUT2D eigenvalue weighted by molar-refractivity contribution is 5.88. The van der Waals surface area contributed by atoms with Crippen molar-refractivity contribution in [3.63, 3.8) is 0 Å². The number of nitrogens with zero attached hydrogens (tertiary/aromatic N) is 5. The third kappa shape index (κ3) is 3.73. The lowest BCUT2D eigenvalue weighted by molar-refractivity contribution is 0.141. The van der Waals surface area contributed by atoms with Crippen molar-refractivity contribution >= 4 is 16.7 Å². The molecule has 0 radical (unpaired) electrons. The molecule has 5 rings (SSSR count). The van der Waals surface area contributed by atoms with Crippen molar-refractivity contribution in [3.05, 3.63) is 35.7 Å². The van der Waals surface area contributed by atoms with Gasteiger partial charge in [0.1, 0.15) is 5.82 Å². The number of aryl methyl sites for hydroxylation is 2. The van der Waals surface area contributed by atoms with Gasteiger partial charge in [-0.1, -0.05) is 23.2 Å². The molecular weight excluding hydrogens is 362 g/mol. The number of anilines is 1. The van der Waals surface area contributed by atoms with Crippen LogP contribution in [0.1, 0.15) is 43.5 Å². The van der Waals surface area contributed by atoms with E-state index in [0.717, 1.165) is 35.4 Å². The molecule has 1 aromatic carbocycles. The van der Waals surface area contributed by atoms with E-state index in [4.69, 9.17) is 9.51 Å². The molecule has 2 saturated heterocycles. The van der Waals surface area contributed by atoms with E-state index in [1.54, 1.807) is 0 Å². The molecule has 0 atom stereocenters. The van der Waals surface area contributed by atoms with E-state index in [9.17, 15) is 0 Å². The smallest absolute Gasteiger partial charge is 0.261 e. The molecule has 0 bridgehead atoms. The van der Waals surface area contributed by atoms with Crippen LogP contribution in [0.4, 0.5) is 5.82 Å². The van der Waals surface area contributed by atoms with E-state index in [1.807, 2.05) is 6.92 Å². The Bertz CT molecular complexity index is 1000. The van der Waals surface area contributed by atoms with Gasteiger partial charge in [-0.15, -0.1) is 0 Å². The van der Waals surface area contributed by atoms with Crippen molar-refractivity contribution in [2.45, 2.75) is 52.0 Å². The number of pyridine rings is 1. The average molecular weight is 392 g/mol. The minimum atomic E-state index is 0.562. The van der Waals surface area contributed by atoms with Crippen LogP contribution >= 0.6 is 0 Å². The standard InChI is InChI=1S/C23H29N5O/c1-16-6-7-21-18(14-16)15-20(23-24-17(2)26-29-23)22(25-21)28-12-8-19(9-13-28)27-10-4-3-5-11-27/h6-7,14-15,19H,3-5,8-13H2,1-2H3. The zero-order valence-electron chi connectivity index (χ0n) is 17.4. The SMILES string of the molecule is Cc1ccc2nc(N3CCC(N4CCCCC4)CC3)c(-c3nc(C)no3)cc2c1. The first-order valence-electron chi connectivity index (χ1n) is 10.9. The minimum Gasteiger partial charge on any atom is -0.356 e. The average Bonchev–Trinajstić information content (AvgIpc) is 3.20. The number of benzene rings is 1. The maximum absolute atomic E-state index is 5.54. The van der Waals surface area contributed by atoms with E-state index in [2.05, 4.69) is 51.1 Å². The number of fused-ring (bicyclic) bond motifs is 1. The van der Waals surface area contributed by atoms with Gasteiger partial charge in [0.2, 0.25) is 0 Å². The van der Waals surface area contributed by atoms with Gasteiger partial charge in [-0.25, -0.2) is 4.98 Å². The molecule has 0 N–H and O–H groups in total. The van der Waals surface area contributed by atoms with Crippen LogP contribution in [0.25, 0.3) is 22.4 Å². The number of piperidine rings is 2. The molecule has 0 unspecified atom stereocenters. The normalized spacial score (nSPS) is 19.2. The Morgan fingerprint density at radius 1 is 0.931 bits per heavy atom. The Labute approximate surface area is 171 Å². The summed E-state index contributed by atoms with van der Waals surface area (Å²) in [7, 11) is 0. The molecule has 2 aliphatic heterocycles. The molecule has 2 aliphatic rings. The van der Waals surface area contributed by atoms with Gasteiger partial charge in [-0.2, -0.15) is 4.98 Å². The number of hydrogen-bond acceptors (Lipinski definition) is 6. The van der Waals surface area contributed by atoms with Gasteiger partial charge in [0.25, 0.3) is 5.89 Å². The van der Waals surface area contributed by atoms with E-state index in [0.29, 0.717) is 17.8 Å². The van der Waals surface area contributed by atoms with Gasteiger partial charge < -0.3 is 14.3 Å². The molecule has 0 amide bonds. The number of likely N-dealkylation sites (tertiary alicyclic amines) is 1. The molecular formula is C23H29N5O. The molecule has 6 nitrogen and oxygen atoms in total. The van der Waals surface area contributed by atoms with E-state index in [1.165, 1.54) is 50.8 Å². The Hall–Kier alpha value is -2.47. The summed E-state index contributed by atoms with van der Waals surface area (Å²) in [5, 5.41) is 5.12. The second-order valence-corrected chi connectivity index (χ2v) is 8.52. The third-order valence-electron chi connectivity index (χ3n) is 6.38. The lowest BCUT2D eigenvalue weighted by Crippen LogP contribution is -2.47. The van der Waals surface area contributed by atoms with Gasteiger partial charge in [0.15, 0.2) is 5.82 Å². The monoisotopic (exact) mass is 391 g/mol. The molecule has 0 spiro atoms. The van der Waals surface area contributed by atoms with E-state index >= 15 is 0 Å². The van der Waals surface area contributed by atoms with E-state index in [-0.39, 0.29) is 0 Å². The van der Waals surface area contributed by atoms with Crippen LogP contribution < -0.4 is 4.90 Å². The fourth-order valence-corrected chi connectivity index (χ4v) is 4.82. The predicted molar refractivity (Wildman–Crippen MR) is 115 cm³/mol. The fourth-order valence-electron chi connectivity index (χ4n) is 4.82. The van der Waals surface area contributed by atoms with Crippen molar-refractivity contribution in [1.82, 2.24) is 20.0 Å². The summed E-state index contributed by atoms with van der Waals surface area (Å²) < 4.78 is 5.54. The zero-order chi connectivity index (χ0) is 19.8. The van der Waals surface area contributed by atoms with Crippen LogP contribution in [0.2, 0.25) is 0 Å². The van der Waals surface area contributed by atoms with Crippen molar-refractivity contribution in [1.29, 1.82) is 0 Å². The summed E-state index contributed by atoms with van der Waals surface area (Å²) in [6, 6.07) is 9.27. The molecule has 4 heterocycles. The Balaban J connectivity index is 1.46. The predicted octanol–water partition coefficient (Wildman–Crippen LogP) is 4.36. The lowest BCUT2D eigenvalue weighted by atomic mass is 9.99. The van der Waals surface area contributed by atoms with Crippen molar-refractivity contribution < 1.29 is 4.52 Å². The Kier molecular flexibility index (Phi) is 4.96. The maximum atomic E-state index is 5.54. The Morgan fingerprint density at radius 2 is 1.72 bits per heavy atom. The first-order valence-corrected chi connectivity index (χ1v) is 10.9. The highest BCUT2D eigenvalue weighted by atomic mass is 16.5. The Morgan fingerprint density at radius 3 is 2.45 bits per heavy atom. The van der Waals surface area contributed by atoms with Crippen LogP contribution in [-0.4, -0.2) is 52.2 Å². The minimum absolute atomic E-state index is 0.562. The summed E-state index contributed by atoms with van der Waals surface area (Å²) in [6.07, 6.45) is 6.48. The molecule has 0 saturated carbocycles. The molecule has 3 aromatic rings. The first-order chi connectivity index (χ1) is 14.2. The van der Waals surface area contributed by atoms with Crippen LogP contribution in [0.3, 0.4) is 0 Å². The number of aromatic nitrogens is 3. The summed E-state index contributed by atoms with van der Waals surface area (Å²) >= 11 is 0. The summed E-state index contributed by atoms with van der Waals surface area (Å²) in [6.45, 7) is 8.54. The van der Waals surface area contributed by atoms with Crippen molar-refractivity contribution in [2.75, 3.05) is 31.1 Å². The van der Waals surface area contributed by atoms with Gasteiger partial charge in [0, 0.05) is 24.5 Å². The van der Waals surface area contributed by atoms with E-state index < -0.39 is 0 Å². The number of hydrogen-bond donors (Lipinski definition) is 0. The molecule has 2 aromatic heterocycles. The van der Waals surface area contributed by atoms with Gasteiger partial charge in [0.05, 0.1) is 11.1 Å². The molecule has 29 heavy (non-hydrogen) atoms. The molecule has 152 valence electrons. The van der Waals surface area contributed by atoms with Crippen molar-refractivity contribution in [3.8, 4) is 11.5 Å². The third-order valence-corrected chi connectivity index (χ3v) is 6.38. The summed E-state index contributed by atoms with van der Waals surface area (Å²) in [5.41, 5.74) is 3.19. The maximum Gasteiger partial charge on any atom is 0.261 e. The van der Waals surface area contributed by atoms with Gasteiger partial charge in [-0.05, 0) is 70.8 Å². The molecule has 6 heteroatoms. The highest BCUT2D eigenvalue weighted by Crippen LogP contribution is 2.34. The van der Waals surface area contributed by atoms with Crippen LogP contribution in [-0.2, 0) is 0 Å². The molecule has 0 aliphatic carbocycles. The largest absolute Gasteiger partial charge is 0.356 e. The zero-order valence-corrected chi connectivity index (χ0v) is 17.4. The van der Waals surface area contributed by atoms with Crippen molar-refractivity contribution in [2.24, 2.45) is 0 Å². The quantitative estimate of drug-likeness (QED) is 0.661. The van der Waals surface area contributed by atoms with Crippen LogP contribution in [0.15, 0.2) is 28.8 Å². The number of rotatable bonds is 3. The van der Waals surface area contributed by atoms with Gasteiger partial charge in [-0.3, -0.25) is 0 Å². The highest BCUT2D eigenvalue weighted by Gasteiger charge is 2.28. The lowest BCUT2D eigenvalue weighted by Gasteiger charge is -2.40. The van der Waals surface area contributed by atoms with Crippen LogP contribution in [0, 0.1) is 13.8 Å². The molecule has 2 fully saturated rings.